The molecule has 2 aromatic carbocycles. The fourth-order valence-corrected chi connectivity index (χ4v) is 4.78. The summed E-state index contributed by atoms with van der Waals surface area (Å²) < 4.78 is 19.0. The van der Waals surface area contributed by atoms with Gasteiger partial charge in [-0.05, 0) is 60.2 Å². The molecular formula is C28H24ClN5O5. The van der Waals surface area contributed by atoms with Crippen molar-refractivity contribution in [1.29, 1.82) is 0 Å². The van der Waals surface area contributed by atoms with Crippen molar-refractivity contribution < 1.29 is 13.9 Å². The van der Waals surface area contributed by atoms with Crippen molar-refractivity contribution in [1.82, 2.24) is 24.3 Å². The largest absolute Gasteiger partial charge is 0.497 e. The fraction of sp³-hybridized carbons (Fsp3) is 0.250. The zero-order chi connectivity index (χ0) is 26.9. The summed E-state index contributed by atoms with van der Waals surface area (Å²) in [5, 5.41) is 5.05. The van der Waals surface area contributed by atoms with Crippen LogP contribution in [-0.4, -0.2) is 31.4 Å². The molecule has 0 radical (unpaired) electrons. The molecule has 0 amide bonds. The summed E-state index contributed by atoms with van der Waals surface area (Å²) in [7, 11) is 1.61. The average Bonchev–Trinajstić information content (AvgIpc) is 3.29. The summed E-state index contributed by atoms with van der Waals surface area (Å²) >= 11 is 5.98. The van der Waals surface area contributed by atoms with E-state index in [0.29, 0.717) is 22.3 Å². The van der Waals surface area contributed by atoms with Crippen LogP contribution >= 0.6 is 11.6 Å². The number of halogens is 1. The van der Waals surface area contributed by atoms with Crippen LogP contribution in [0.15, 0.2) is 81.0 Å². The second-order valence-electron chi connectivity index (χ2n) is 9.41. The molecule has 0 aliphatic heterocycles. The van der Waals surface area contributed by atoms with Crippen LogP contribution in [0.25, 0.3) is 11.0 Å². The van der Waals surface area contributed by atoms with Crippen molar-refractivity contribution >= 4 is 22.6 Å². The van der Waals surface area contributed by atoms with Gasteiger partial charge < -0.3 is 13.9 Å². The molecule has 0 unspecified atom stereocenters. The summed E-state index contributed by atoms with van der Waals surface area (Å²) in [6.07, 6.45) is 2.94. The molecule has 11 heteroatoms. The maximum absolute atomic E-state index is 13.2. The molecule has 1 aliphatic rings. The highest BCUT2D eigenvalue weighted by atomic mass is 35.5. The Bertz CT molecular complexity index is 1740. The smallest absolute Gasteiger partial charge is 0.437 e. The third-order valence-electron chi connectivity index (χ3n) is 6.91. The SMILES string of the molecule is COc1ccc(COc2ccc3ncn(Cc4nn(C5CC(c6ccc(Cl)cc6)C5)c(=O)o4)c(=O)c3n2)cc1. The Balaban J connectivity index is 1.15. The normalized spacial score (nSPS) is 16.7. The van der Waals surface area contributed by atoms with Gasteiger partial charge in [0.25, 0.3) is 5.56 Å². The van der Waals surface area contributed by atoms with E-state index in [1.165, 1.54) is 21.1 Å². The number of aromatic nitrogens is 5. The lowest BCUT2D eigenvalue weighted by Crippen LogP contribution is -2.31. The van der Waals surface area contributed by atoms with Gasteiger partial charge in [0.1, 0.15) is 18.9 Å². The number of pyridine rings is 1. The lowest BCUT2D eigenvalue weighted by Gasteiger charge is -2.34. The highest BCUT2D eigenvalue weighted by Gasteiger charge is 2.34. The summed E-state index contributed by atoms with van der Waals surface area (Å²) in [6, 6.07) is 18.5. The number of nitrogens with zero attached hydrogens (tertiary/aromatic N) is 5. The lowest BCUT2D eigenvalue weighted by atomic mass is 9.76. The summed E-state index contributed by atoms with van der Waals surface area (Å²) in [4.78, 5) is 34.4. The van der Waals surface area contributed by atoms with Crippen LogP contribution in [-0.2, 0) is 13.2 Å². The predicted molar refractivity (Wildman–Crippen MR) is 143 cm³/mol. The third-order valence-corrected chi connectivity index (χ3v) is 7.16. The molecule has 0 bridgehead atoms. The molecule has 0 atom stereocenters. The molecule has 3 heterocycles. The van der Waals surface area contributed by atoms with Gasteiger partial charge in [0.05, 0.1) is 25.0 Å². The van der Waals surface area contributed by atoms with Crippen molar-refractivity contribution in [3.8, 4) is 11.6 Å². The van der Waals surface area contributed by atoms with E-state index in [1.807, 2.05) is 48.5 Å². The van der Waals surface area contributed by atoms with Crippen molar-refractivity contribution in [2.45, 2.75) is 38.0 Å². The number of ether oxygens (including phenoxy) is 2. The van der Waals surface area contributed by atoms with Crippen molar-refractivity contribution in [2.24, 2.45) is 0 Å². The second kappa shape index (κ2) is 10.4. The molecule has 1 saturated carbocycles. The molecule has 1 fully saturated rings. The zero-order valence-electron chi connectivity index (χ0n) is 21.0. The summed E-state index contributed by atoms with van der Waals surface area (Å²) in [6.45, 7) is 0.232. The van der Waals surface area contributed by atoms with Crippen LogP contribution in [0.2, 0.25) is 5.02 Å². The average molecular weight is 546 g/mol. The summed E-state index contributed by atoms with van der Waals surface area (Å²) in [5.74, 6) is 0.971. The first-order chi connectivity index (χ1) is 19.0. The third kappa shape index (κ3) is 5.15. The quantitative estimate of drug-likeness (QED) is 0.283. The topological polar surface area (TPSA) is 114 Å². The maximum Gasteiger partial charge on any atom is 0.437 e. The van der Waals surface area contributed by atoms with Gasteiger partial charge in [0.15, 0.2) is 5.52 Å². The van der Waals surface area contributed by atoms with Crippen LogP contribution in [0, 0.1) is 0 Å². The van der Waals surface area contributed by atoms with Crippen molar-refractivity contribution in [2.75, 3.05) is 7.11 Å². The van der Waals surface area contributed by atoms with E-state index in [-0.39, 0.29) is 30.6 Å². The van der Waals surface area contributed by atoms with E-state index >= 15 is 0 Å². The van der Waals surface area contributed by atoms with Gasteiger partial charge in [-0.2, -0.15) is 4.68 Å². The standard InChI is InChI=1S/C28H24ClN5O5/c1-37-22-8-2-17(3-9-22)15-38-24-11-10-23-26(31-24)27(35)33(16-30-23)14-25-32-34(28(36)39-25)21-12-19(13-21)18-4-6-20(29)7-5-18/h2-11,16,19,21H,12-15H2,1H3. The first-order valence-electron chi connectivity index (χ1n) is 12.4. The molecule has 1 aliphatic carbocycles. The molecule has 0 N–H and O–H groups in total. The van der Waals surface area contributed by atoms with Crippen LogP contribution in [0.4, 0.5) is 0 Å². The van der Waals surface area contributed by atoms with Crippen molar-refractivity contribution in [3.05, 3.63) is 110 Å². The Labute approximate surface area is 227 Å². The minimum absolute atomic E-state index is 0.0457. The Kier molecular flexibility index (Phi) is 6.62. The molecule has 0 spiro atoms. The second-order valence-corrected chi connectivity index (χ2v) is 9.85. The molecule has 6 rings (SSSR count). The molecule has 3 aromatic heterocycles. The maximum atomic E-state index is 13.2. The monoisotopic (exact) mass is 545 g/mol. The van der Waals surface area contributed by atoms with E-state index in [0.717, 1.165) is 24.2 Å². The van der Waals surface area contributed by atoms with E-state index in [2.05, 4.69) is 15.1 Å². The fourth-order valence-electron chi connectivity index (χ4n) is 4.65. The Morgan fingerprint density at radius 3 is 2.54 bits per heavy atom. The van der Waals surface area contributed by atoms with Gasteiger partial charge in [-0.25, -0.2) is 14.8 Å². The van der Waals surface area contributed by atoms with E-state index in [1.54, 1.807) is 19.2 Å². The minimum Gasteiger partial charge on any atom is -0.497 e. The molecule has 198 valence electrons. The van der Waals surface area contributed by atoms with Gasteiger partial charge in [0, 0.05) is 11.1 Å². The molecule has 10 nitrogen and oxygen atoms in total. The van der Waals surface area contributed by atoms with E-state index in [4.69, 9.17) is 25.5 Å². The zero-order valence-corrected chi connectivity index (χ0v) is 21.7. The number of rotatable bonds is 8. The van der Waals surface area contributed by atoms with E-state index in [9.17, 15) is 9.59 Å². The first kappa shape index (κ1) is 24.9. The van der Waals surface area contributed by atoms with E-state index < -0.39 is 11.3 Å². The molecule has 0 saturated heterocycles. The van der Waals surface area contributed by atoms with Crippen LogP contribution < -0.4 is 20.8 Å². The van der Waals surface area contributed by atoms with Crippen molar-refractivity contribution in [3.63, 3.8) is 0 Å². The van der Waals surface area contributed by atoms with Gasteiger partial charge in [0.2, 0.25) is 11.8 Å². The Hall–Kier alpha value is -4.44. The summed E-state index contributed by atoms with van der Waals surface area (Å²) in [5.41, 5.74) is 2.30. The highest BCUT2D eigenvalue weighted by molar-refractivity contribution is 6.30. The van der Waals surface area contributed by atoms with Gasteiger partial charge in [-0.1, -0.05) is 35.9 Å². The van der Waals surface area contributed by atoms with Crippen LogP contribution in [0.3, 0.4) is 0 Å². The molecule has 5 aromatic rings. The Morgan fingerprint density at radius 2 is 1.79 bits per heavy atom. The minimum atomic E-state index is -0.543. The molecular weight excluding hydrogens is 522 g/mol. The molecule has 39 heavy (non-hydrogen) atoms. The number of fused-ring (bicyclic) bond motifs is 1. The van der Waals surface area contributed by atoms with Crippen LogP contribution in [0.5, 0.6) is 11.6 Å². The lowest BCUT2D eigenvalue weighted by molar-refractivity contribution is 0.233. The van der Waals surface area contributed by atoms with Gasteiger partial charge >= 0.3 is 5.76 Å². The number of methoxy groups -OCH3 is 1. The van der Waals surface area contributed by atoms with Gasteiger partial charge in [-0.15, -0.1) is 5.10 Å². The van der Waals surface area contributed by atoms with Gasteiger partial charge in [-0.3, -0.25) is 9.36 Å². The highest BCUT2D eigenvalue weighted by Crippen LogP contribution is 2.44. The number of benzene rings is 2. The first-order valence-corrected chi connectivity index (χ1v) is 12.8. The Morgan fingerprint density at radius 1 is 1.03 bits per heavy atom. The predicted octanol–water partition coefficient (Wildman–Crippen LogP) is 4.35. The number of hydrogen-bond donors (Lipinski definition) is 0. The number of hydrogen-bond acceptors (Lipinski definition) is 8. The van der Waals surface area contributed by atoms with Crippen LogP contribution in [0.1, 0.15) is 41.8 Å².